The summed E-state index contributed by atoms with van der Waals surface area (Å²) in [6, 6.07) is 8.01. The summed E-state index contributed by atoms with van der Waals surface area (Å²) in [5, 5.41) is 7.19. The smallest absolute Gasteiger partial charge is 0.322 e. The molecule has 1 aromatic heterocycles. The maximum atomic E-state index is 12.9. The second-order valence-electron chi connectivity index (χ2n) is 6.57. The molecule has 2 amide bonds. The van der Waals surface area contributed by atoms with E-state index < -0.39 is 0 Å². The standard InChI is InChI=1S/C19H26N4O2/c1-4-22-13-17(11-20-22)21-19(24)23(14(2)16-7-8-16)12-15-5-9-18(25-3)10-6-15/h5-6,9-11,13-14,16H,4,7-8,12H2,1-3H3,(H,21,24). The predicted octanol–water partition coefficient (Wildman–Crippen LogP) is 3.74. The van der Waals surface area contributed by atoms with Crippen LogP contribution in [-0.4, -0.2) is 33.9 Å². The second-order valence-corrected chi connectivity index (χ2v) is 6.57. The summed E-state index contributed by atoms with van der Waals surface area (Å²) < 4.78 is 7.01. The molecule has 2 aromatic rings. The number of amides is 2. The van der Waals surface area contributed by atoms with Crippen LogP contribution in [0.25, 0.3) is 0 Å². The molecule has 134 valence electrons. The minimum Gasteiger partial charge on any atom is -0.497 e. The molecule has 1 heterocycles. The van der Waals surface area contributed by atoms with Gasteiger partial charge < -0.3 is 15.0 Å². The normalized spacial score (nSPS) is 14.8. The molecule has 0 bridgehead atoms. The van der Waals surface area contributed by atoms with E-state index in [0.29, 0.717) is 12.5 Å². The molecule has 0 radical (unpaired) electrons. The van der Waals surface area contributed by atoms with Crippen LogP contribution < -0.4 is 10.1 Å². The molecule has 0 spiro atoms. The van der Waals surface area contributed by atoms with Crippen LogP contribution in [0.1, 0.15) is 32.3 Å². The minimum atomic E-state index is -0.0779. The Morgan fingerprint density at radius 1 is 1.40 bits per heavy atom. The fourth-order valence-electron chi connectivity index (χ4n) is 2.96. The Morgan fingerprint density at radius 2 is 2.12 bits per heavy atom. The minimum absolute atomic E-state index is 0.0779. The van der Waals surface area contributed by atoms with E-state index in [1.165, 1.54) is 12.8 Å². The van der Waals surface area contributed by atoms with Crippen LogP contribution in [-0.2, 0) is 13.1 Å². The predicted molar refractivity (Wildman–Crippen MR) is 97.6 cm³/mol. The summed E-state index contributed by atoms with van der Waals surface area (Å²) in [5.41, 5.74) is 1.82. The SMILES string of the molecule is CCn1cc(NC(=O)N(Cc2ccc(OC)cc2)C(C)C2CC2)cn1. The Bertz CT molecular complexity index is 706. The largest absolute Gasteiger partial charge is 0.497 e. The van der Waals surface area contributed by atoms with Gasteiger partial charge in [0, 0.05) is 25.3 Å². The number of hydrogen-bond acceptors (Lipinski definition) is 3. The van der Waals surface area contributed by atoms with Gasteiger partial charge in [0.1, 0.15) is 5.75 Å². The lowest BCUT2D eigenvalue weighted by molar-refractivity contribution is 0.180. The first-order valence-corrected chi connectivity index (χ1v) is 8.83. The van der Waals surface area contributed by atoms with E-state index in [-0.39, 0.29) is 12.1 Å². The molecule has 0 aliphatic heterocycles. The van der Waals surface area contributed by atoms with Crippen molar-refractivity contribution in [3.05, 3.63) is 42.2 Å². The van der Waals surface area contributed by atoms with Gasteiger partial charge in [-0.1, -0.05) is 12.1 Å². The summed E-state index contributed by atoms with van der Waals surface area (Å²) in [7, 11) is 1.65. The summed E-state index contributed by atoms with van der Waals surface area (Å²) in [4.78, 5) is 14.8. The van der Waals surface area contributed by atoms with Gasteiger partial charge in [-0.3, -0.25) is 4.68 Å². The maximum Gasteiger partial charge on any atom is 0.322 e. The first-order chi connectivity index (χ1) is 12.1. The molecule has 6 nitrogen and oxygen atoms in total. The summed E-state index contributed by atoms with van der Waals surface area (Å²) >= 11 is 0. The first kappa shape index (κ1) is 17.3. The van der Waals surface area contributed by atoms with E-state index >= 15 is 0 Å². The molecule has 1 fully saturated rings. The molecule has 1 atom stereocenters. The first-order valence-electron chi connectivity index (χ1n) is 8.83. The number of carbonyl (C=O) groups excluding carboxylic acids is 1. The molecule has 1 aliphatic rings. The van der Waals surface area contributed by atoms with Crippen molar-refractivity contribution in [1.29, 1.82) is 0 Å². The van der Waals surface area contributed by atoms with Gasteiger partial charge in [0.2, 0.25) is 0 Å². The number of benzene rings is 1. The van der Waals surface area contributed by atoms with E-state index in [4.69, 9.17) is 4.74 Å². The van der Waals surface area contributed by atoms with Crippen molar-refractivity contribution in [3.8, 4) is 5.75 Å². The zero-order valence-corrected chi connectivity index (χ0v) is 15.1. The third kappa shape index (κ3) is 4.32. The Hall–Kier alpha value is -2.50. The monoisotopic (exact) mass is 342 g/mol. The molecule has 1 N–H and O–H groups in total. The molecule has 1 saturated carbocycles. The number of carbonyl (C=O) groups is 1. The molecule has 1 aromatic carbocycles. The molecular weight excluding hydrogens is 316 g/mol. The number of aryl methyl sites for hydroxylation is 1. The number of anilines is 1. The third-order valence-corrected chi connectivity index (χ3v) is 4.78. The fourth-order valence-corrected chi connectivity index (χ4v) is 2.96. The summed E-state index contributed by atoms with van der Waals surface area (Å²) in [6.45, 7) is 5.51. The maximum absolute atomic E-state index is 12.9. The number of hydrogen-bond donors (Lipinski definition) is 1. The molecular formula is C19H26N4O2. The Labute approximate surface area is 148 Å². The average Bonchev–Trinajstić information content (AvgIpc) is 3.39. The Kier molecular flexibility index (Phi) is 5.26. The van der Waals surface area contributed by atoms with Crippen molar-refractivity contribution < 1.29 is 9.53 Å². The highest BCUT2D eigenvalue weighted by molar-refractivity contribution is 5.89. The lowest BCUT2D eigenvalue weighted by atomic mass is 10.1. The Balaban J connectivity index is 1.72. The number of ether oxygens (including phenoxy) is 1. The Morgan fingerprint density at radius 3 is 2.68 bits per heavy atom. The molecule has 0 saturated heterocycles. The van der Waals surface area contributed by atoms with Crippen molar-refractivity contribution in [2.45, 2.75) is 45.8 Å². The highest BCUT2D eigenvalue weighted by Crippen LogP contribution is 2.36. The van der Waals surface area contributed by atoms with Crippen LogP contribution in [0.15, 0.2) is 36.7 Å². The summed E-state index contributed by atoms with van der Waals surface area (Å²) in [6.07, 6.45) is 5.93. The van der Waals surface area contributed by atoms with Gasteiger partial charge in [0.25, 0.3) is 0 Å². The van der Waals surface area contributed by atoms with Crippen LogP contribution in [0.4, 0.5) is 10.5 Å². The van der Waals surface area contributed by atoms with Crippen molar-refractivity contribution in [2.75, 3.05) is 12.4 Å². The van der Waals surface area contributed by atoms with Gasteiger partial charge in [0.15, 0.2) is 0 Å². The van der Waals surface area contributed by atoms with Crippen molar-refractivity contribution >= 4 is 11.7 Å². The van der Waals surface area contributed by atoms with Crippen molar-refractivity contribution in [2.24, 2.45) is 5.92 Å². The highest BCUT2D eigenvalue weighted by atomic mass is 16.5. The van der Waals surface area contributed by atoms with E-state index in [9.17, 15) is 4.79 Å². The zero-order chi connectivity index (χ0) is 17.8. The molecule has 3 rings (SSSR count). The van der Waals surface area contributed by atoms with Crippen LogP contribution in [0.2, 0.25) is 0 Å². The lowest BCUT2D eigenvalue weighted by Gasteiger charge is -2.29. The molecule has 1 unspecified atom stereocenters. The number of nitrogens with zero attached hydrogens (tertiary/aromatic N) is 3. The van der Waals surface area contributed by atoms with E-state index in [1.807, 2.05) is 42.3 Å². The number of rotatable bonds is 7. The number of nitrogens with one attached hydrogen (secondary N) is 1. The number of urea groups is 1. The van der Waals surface area contributed by atoms with Gasteiger partial charge in [-0.05, 0) is 50.3 Å². The number of aromatic nitrogens is 2. The van der Waals surface area contributed by atoms with E-state index in [0.717, 1.165) is 23.5 Å². The molecule has 25 heavy (non-hydrogen) atoms. The van der Waals surface area contributed by atoms with Crippen molar-refractivity contribution in [3.63, 3.8) is 0 Å². The van der Waals surface area contributed by atoms with E-state index in [1.54, 1.807) is 18.0 Å². The van der Waals surface area contributed by atoms with Crippen LogP contribution in [0.5, 0.6) is 5.75 Å². The molecule has 1 aliphatic carbocycles. The van der Waals surface area contributed by atoms with Gasteiger partial charge in [0.05, 0.1) is 19.0 Å². The third-order valence-electron chi connectivity index (χ3n) is 4.78. The zero-order valence-electron chi connectivity index (χ0n) is 15.1. The average molecular weight is 342 g/mol. The topological polar surface area (TPSA) is 59.4 Å². The quantitative estimate of drug-likeness (QED) is 0.834. The van der Waals surface area contributed by atoms with Crippen LogP contribution in [0, 0.1) is 5.92 Å². The summed E-state index contributed by atoms with van der Waals surface area (Å²) in [5.74, 6) is 1.42. The van der Waals surface area contributed by atoms with Crippen LogP contribution >= 0.6 is 0 Å². The second kappa shape index (κ2) is 7.59. The molecule has 6 heteroatoms. The van der Waals surface area contributed by atoms with Crippen molar-refractivity contribution in [1.82, 2.24) is 14.7 Å². The van der Waals surface area contributed by atoms with Gasteiger partial charge in [-0.25, -0.2) is 4.79 Å². The van der Waals surface area contributed by atoms with Gasteiger partial charge in [-0.15, -0.1) is 0 Å². The fraction of sp³-hybridized carbons (Fsp3) is 0.474. The highest BCUT2D eigenvalue weighted by Gasteiger charge is 2.34. The van der Waals surface area contributed by atoms with Gasteiger partial charge >= 0.3 is 6.03 Å². The van der Waals surface area contributed by atoms with Gasteiger partial charge in [-0.2, -0.15) is 5.10 Å². The lowest BCUT2D eigenvalue weighted by Crippen LogP contribution is -2.42. The van der Waals surface area contributed by atoms with Crippen LogP contribution in [0.3, 0.4) is 0 Å². The van der Waals surface area contributed by atoms with E-state index in [2.05, 4.69) is 17.3 Å². The number of methoxy groups -OCH3 is 1.